The third-order valence-corrected chi connectivity index (χ3v) is 9.24. The Balaban J connectivity index is 2.61. The third-order valence-electron chi connectivity index (χ3n) is 4.74. The lowest BCUT2D eigenvalue weighted by Gasteiger charge is -2.37. The highest BCUT2D eigenvalue weighted by atomic mass is 28.4. The fourth-order valence-corrected chi connectivity index (χ4v) is 3.18. The minimum absolute atomic E-state index is 0.143. The standard InChI is InChI=1S/C21H32O2Si/c1-7-11-19(17-23-24(5,6)21(2,3)4)16-20(22)15-14-18-12-9-8-10-13-18/h7-10,12-15,19H,1,11,16-17H2,2-6H3/b15-14+. The van der Waals surface area contributed by atoms with Gasteiger partial charge >= 0.3 is 0 Å². The van der Waals surface area contributed by atoms with Crippen molar-refractivity contribution in [2.45, 2.75) is 51.7 Å². The maximum absolute atomic E-state index is 12.3. The van der Waals surface area contributed by atoms with Crippen LogP contribution in [0.4, 0.5) is 0 Å². The largest absolute Gasteiger partial charge is 0.417 e. The van der Waals surface area contributed by atoms with Crippen LogP contribution in [0.3, 0.4) is 0 Å². The van der Waals surface area contributed by atoms with Crippen molar-refractivity contribution < 1.29 is 9.22 Å². The van der Waals surface area contributed by atoms with Crippen molar-refractivity contribution in [2.24, 2.45) is 5.92 Å². The van der Waals surface area contributed by atoms with Crippen LogP contribution in [0.5, 0.6) is 0 Å². The molecule has 0 fully saturated rings. The van der Waals surface area contributed by atoms with Crippen molar-refractivity contribution in [3.63, 3.8) is 0 Å². The maximum atomic E-state index is 12.3. The van der Waals surface area contributed by atoms with Gasteiger partial charge in [0.25, 0.3) is 0 Å². The van der Waals surface area contributed by atoms with E-state index in [0.717, 1.165) is 12.0 Å². The van der Waals surface area contributed by atoms with Gasteiger partial charge in [0.1, 0.15) is 0 Å². The molecule has 0 aliphatic rings. The minimum Gasteiger partial charge on any atom is -0.417 e. The second kappa shape index (κ2) is 9.14. The van der Waals surface area contributed by atoms with E-state index in [4.69, 9.17) is 4.43 Å². The molecular formula is C21H32O2Si. The van der Waals surface area contributed by atoms with E-state index >= 15 is 0 Å². The Kier molecular flexibility index (Phi) is 7.84. The number of rotatable bonds is 9. The Morgan fingerprint density at radius 3 is 2.42 bits per heavy atom. The molecule has 0 amide bonds. The lowest BCUT2D eigenvalue weighted by Crippen LogP contribution is -2.42. The van der Waals surface area contributed by atoms with Gasteiger partial charge in [0.2, 0.25) is 0 Å². The molecule has 0 aliphatic carbocycles. The highest BCUT2D eigenvalue weighted by Gasteiger charge is 2.37. The van der Waals surface area contributed by atoms with Crippen LogP contribution in [0.25, 0.3) is 6.08 Å². The molecular weight excluding hydrogens is 312 g/mol. The second-order valence-corrected chi connectivity index (χ2v) is 12.7. The van der Waals surface area contributed by atoms with Crippen LogP contribution in [0.2, 0.25) is 18.1 Å². The summed E-state index contributed by atoms with van der Waals surface area (Å²) in [6.07, 6.45) is 6.75. The van der Waals surface area contributed by atoms with Gasteiger partial charge in [0.05, 0.1) is 0 Å². The minimum atomic E-state index is -1.78. The SMILES string of the molecule is C=CCC(CO[Si](C)(C)C(C)(C)C)CC(=O)/C=C/c1ccccc1. The van der Waals surface area contributed by atoms with E-state index in [1.165, 1.54) is 0 Å². The van der Waals surface area contributed by atoms with E-state index < -0.39 is 8.32 Å². The molecule has 0 bridgehead atoms. The summed E-state index contributed by atoms with van der Waals surface area (Å²) in [6, 6.07) is 9.89. The predicted octanol–water partition coefficient (Wildman–Crippen LogP) is 5.87. The Morgan fingerprint density at radius 2 is 1.88 bits per heavy atom. The summed E-state index contributed by atoms with van der Waals surface area (Å²) in [6.45, 7) is 15.6. The van der Waals surface area contributed by atoms with Crippen LogP contribution < -0.4 is 0 Å². The summed E-state index contributed by atoms with van der Waals surface area (Å²) in [7, 11) is -1.78. The van der Waals surface area contributed by atoms with E-state index in [2.05, 4.69) is 40.4 Å². The van der Waals surface area contributed by atoms with Crippen LogP contribution in [0.15, 0.2) is 49.1 Å². The van der Waals surface area contributed by atoms with Gasteiger partial charge in [-0.25, -0.2) is 0 Å². The fourth-order valence-electron chi connectivity index (χ4n) is 2.09. The zero-order valence-corrected chi connectivity index (χ0v) is 16.8. The topological polar surface area (TPSA) is 26.3 Å². The van der Waals surface area contributed by atoms with Gasteiger partial charge in [-0.3, -0.25) is 4.79 Å². The summed E-state index contributed by atoms with van der Waals surface area (Å²) >= 11 is 0. The van der Waals surface area contributed by atoms with E-state index in [9.17, 15) is 4.79 Å². The first-order valence-corrected chi connectivity index (χ1v) is 11.6. The molecule has 0 spiro atoms. The summed E-state index contributed by atoms with van der Waals surface area (Å²) in [5.74, 6) is 0.342. The molecule has 0 heterocycles. The summed E-state index contributed by atoms with van der Waals surface area (Å²) in [4.78, 5) is 12.3. The van der Waals surface area contributed by atoms with Crippen molar-refractivity contribution >= 4 is 20.2 Å². The zero-order chi connectivity index (χ0) is 18.2. The van der Waals surface area contributed by atoms with Crippen LogP contribution in [-0.2, 0) is 9.22 Å². The summed E-state index contributed by atoms with van der Waals surface area (Å²) in [5.41, 5.74) is 1.05. The molecule has 1 atom stereocenters. The number of hydrogen-bond acceptors (Lipinski definition) is 2. The fraction of sp³-hybridized carbons (Fsp3) is 0.476. The van der Waals surface area contributed by atoms with Gasteiger partial charge in [-0.2, -0.15) is 0 Å². The van der Waals surface area contributed by atoms with Crippen LogP contribution in [0, 0.1) is 5.92 Å². The second-order valence-electron chi connectivity index (χ2n) is 7.88. The molecule has 0 N–H and O–H groups in total. The smallest absolute Gasteiger partial charge is 0.191 e. The molecule has 0 saturated heterocycles. The molecule has 24 heavy (non-hydrogen) atoms. The first kappa shape index (κ1) is 20.6. The van der Waals surface area contributed by atoms with Crippen LogP contribution in [-0.4, -0.2) is 20.7 Å². The number of hydrogen-bond donors (Lipinski definition) is 0. The van der Waals surface area contributed by atoms with E-state index in [0.29, 0.717) is 13.0 Å². The maximum Gasteiger partial charge on any atom is 0.191 e. The molecule has 3 heteroatoms. The Labute approximate surface area is 148 Å². The lowest BCUT2D eigenvalue weighted by molar-refractivity contribution is -0.115. The van der Waals surface area contributed by atoms with Crippen LogP contribution in [0.1, 0.15) is 39.2 Å². The monoisotopic (exact) mass is 344 g/mol. The van der Waals surface area contributed by atoms with Crippen molar-refractivity contribution in [3.05, 3.63) is 54.6 Å². The molecule has 0 saturated carbocycles. The molecule has 1 aromatic rings. The summed E-state index contributed by atoms with van der Waals surface area (Å²) in [5, 5.41) is 0.183. The quantitative estimate of drug-likeness (QED) is 0.318. The average molecular weight is 345 g/mol. The average Bonchev–Trinajstić information content (AvgIpc) is 2.51. The molecule has 1 unspecified atom stereocenters. The van der Waals surface area contributed by atoms with Crippen molar-refractivity contribution in [3.8, 4) is 0 Å². The number of carbonyl (C=O) groups is 1. The highest BCUT2D eigenvalue weighted by Crippen LogP contribution is 2.37. The number of ketones is 1. The van der Waals surface area contributed by atoms with Gasteiger partial charge in [-0.1, -0.05) is 63.3 Å². The van der Waals surface area contributed by atoms with Crippen molar-refractivity contribution in [1.29, 1.82) is 0 Å². The molecule has 132 valence electrons. The van der Waals surface area contributed by atoms with Gasteiger partial charge < -0.3 is 4.43 Å². The predicted molar refractivity (Wildman–Crippen MR) is 107 cm³/mol. The first-order chi connectivity index (χ1) is 11.2. The molecule has 0 radical (unpaired) electrons. The Bertz CT molecular complexity index is 553. The lowest BCUT2D eigenvalue weighted by atomic mass is 9.99. The first-order valence-electron chi connectivity index (χ1n) is 8.66. The van der Waals surface area contributed by atoms with Gasteiger partial charge in [0, 0.05) is 13.0 Å². The molecule has 1 rings (SSSR count). The van der Waals surface area contributed by atoms with E-state index in [1.807, 2.05) is 42.5 Å². The molecule has 0 aliphatic heterocycles. The Morgan fingerprint density at radius 1 is 1.25 bits per heavy atom. The van der Waals surface area contributed by atoms with Gasteiger partial charge in [-0.05, 0) is 42.1 Å². The van der Waals surface area contributed by atoms with Crippen LogP contribution >= 0.6 is 0 Å². The van der Waals surface area contributed by atoms with Gasteiger partial charge in [0.15, 0.2) is 14.1 Å². The molecule has 2 nitrogen and oxygen atoms in total. The zero-order valence-electron chi connectivity index (χ0n) is 15.8. The number of carbonyl (C=O) groups excluding carboxylic acids is 1. The number of allylic oxidation sites excluding steroid dienone is 2. The van der Waals surface area contributed by atoms with Crippen molar-refractivity contribution in [1.82, 2.24) is 0 Å². The molecule has 0 aromatic heterocycles. The van der Waals surface area contributed by atoms with E-state index in [-0.39, 0.29) is 16.7 Å². The third kappa shape index (κ3) is 6.98. The van der Waals surface area contributed by atoms with Crippen molar-refractivity contribution in [2.75, 3.05) is 6.61 Å². The van der Waals surface area contributed by atoms with Gasteiger partial charge in [-0.15, -0.1) is 6.58 Å². The summed E-state index contributed by atoms with van der Waals surface area (Å²) < 4.78 is 6.29. The Hall–Kier alpha value is -1.45. The molecule has 1 aromatic carbocycles. The van der Waals surface area contributed by atoms with E-state index in [1.54, 1.807) is 6.08 Å². The number of benzene rings is 1. The highest BCUT2D eigenvalue weighted by molar-refractivity contribution is 6.74. The normalized spacial score (nSPS) is 13.9.